The minimum absolute atomic E-state index is 0.243. The number of anilines is 1. The number of rotatable bonds is 6. The Labute approximate surface area is 163 Å². The molecule has 4 rings (SSSR count). The molecule has 28 heavy (non-hydrogen) atoms. The molecule has 1 amide bonds. The maximum atomic E-state index is 11.9. The van der Waals surface area contributed by atoms with Gasteiger partial charge < -0.3 is 19.7 Å². The molecule has 146 valence electrons. The number of hydrogen-bond acceptors (Lipinski definition) is 7. The lowest BCUT2D eigenvalue weighted by atomic mass is 10.1. The molecule has 0 aliphatic carbocycles. The predicted octanol–water partition coefficient (Wildman–Crippen LogP) is 1.44. The molecule has 3 heterocycles. The molecule has 2 aliphatic rings. The lowest BCUT2D eigenvalue weighted by Crippen LogP contribution is -2.46. The van der Waals surface area contributed by atoms with Gasteiger partial charge in [-0.1, -0.05) is 12.1 Å². The van der Waals surface area contributed by atoms with Gasteiger partial charge in [-0.05, 0) is 29.8 Å². The number of nitrogens with one attached hydrogen (secondary N) is 1. The quantitative estimate of drug-likeness (QED) is 0.759. The topological polar surface area (TPSA) is 79.8 Å². The summed E-state index contributed by atoms with van der Waals surface area (Å²) in [7, 11) is 0. The van der Waals surface area contributed by atoms with Crippen LogP contribution < -0.4 is 19.7 Å². The Hall–Kier alpha value is -3.13. The average molecular weight is 381 g/mol. The van der Waals surface area contributed by atoms with Gasteiger partial charge in [0.15, 0.2) is 23.0 Å². The highest BCUT2D eigenvalue weighted by Crippen LogP contribution is 2.32. The summed E-state index contributed by atoms with van der Waals surface area (Å²) in [4.78, 5) is 16.5. The van der Waals surface area contributed by atoms with E-state index in [0.717, 1.165) is 50.0 Å². The molecule has 1 saturated heterocycles. The molecule has 8 heteroatoms. The van der Waals surface area contributed by atoms with Crippen LogP contribution in [0.5, 0.6) is 11.5 Å². The number of fused-ring (bicyclic) bond motifs is 1. The van der Waals surface area contributed by atoms with E-state index >= 15 is 0 Å². The second-order valence-electron chi connectivity index (χ2n) is 6.73. The molecular formula is C20H23N5O3. The van der Waals surface area contributed by atoms with Gasteiger partial charge in [-0.3, -0.25) is 9.69 Å². The van der Waals surface area contributed by atoms with Crippen LogP contribution >= 0.6 is 0 Å². The summed E-state index contributed by atoms with van der Waals surface area (Å²) in [6.45, 7) is 8.74. The first-order valence-electron chi connectivity index (χ1n) is 9.31. The number of aromatic nitrogens is 2. The monoisotopic (exact) mass is 381 g/mol. The number of carbonyl (C=O) groups excluding carboxylic acids is 1. The third kappa shape index (κ3) is 4.07. The Balaban J connectivity index is 1.30. The van der Waals surface area contributed by atoms with E-state index in [1.54, 1.807) is 12.1 Å². The number of carbonyl (C=O) groups is 1. The lowest BCUT2D eigenvalue weighted by Gasteiger charge is -2.35. The van der Waals surface area contributed by atoms with Gasteiger partial charge in [-0.2, -0.15) is 0 Å². The Morgan fingerprint density at radius 3 is 2.68 bits per heavy atom. The first-order valence-corrected chi connectivity index (χ1v) is 9.31. The van der Waals surface area contributed by atoms with Gasteiger partial charge in [0.05, 0.1) is 0 Å². The van der Waals surface area contributed by atoms with Crippen LogP contribution in [0.4, 0.5) is 5.82 Å². The molecule has 0 unspecified atom stereocenters. The van der Waals surface area contributed by atoms with Crippen LogP contribution in [0.2, 0.25) is 0 Å². The summed E-state index contributed by atoms with van der Waals surface area (Å²) in [6.07, 6.45) is 1.63. The SMILES string of the molecule is C=CCNC(=O)c1ccc(N2CCN(Cc3ccc4c(c3)OCO4)CC2)nn1. The van der Waals surface area contributed by atoms with E-state index in [1.165, 1.54) is 5.56 Å². The average Bonchev–Trinajstić information content (AvgIpc) is 3.20. The fourth-order valence-electron chi connectivity index (χ4n) is 3.30. The minimum atomic E-state index is -0.243. The highest BCUT2D eigenvalue weighted by molar-refractivity contribution is 5.92. The summed E-state index contributed by atoms with van der Waals surface area (Å²) in [6, 6.07) is 9.66. The zero-order chi connectivity index (χ0) is 19.3. The highest BCUT2D eigenvalue weighted by atomic mass is 16.7. The molecule has 1 aromatic carbocycles. The second-order valence-corrected chi connectivity index (χ2v) is 6.73. The highest BCUT2D eigenvalue weighted by Gasteiger charge is 2.20. The Morgan fingerprint density at radius 2 is 1.93 bits per heavy atom. The van der Waals surface area contributed by atoms with Crippen molar-refractivity contribution in [1.29, 1.82) is 0 Å². The molecule has 1 aromatic heterocycles. The molecule has 2 aliphatic heterocycles. The number of ether oxygens (including phenoxy) is 2. The van der Waals surface area contributed by atoms with Crippen LogP contribution in [0, 0.1) is 0 Å². The largest absolute Gasteiger partial charge is 0.454 e. The molecule has 0 saturated carbocycles. The maximum absolute atomic E-state index is 11.9. The maximum Gasteiger partial charge on any atom is 0.272 e. The fraction of sp³-hybridized carbons (Fsp3) is 0.350. The zero-order valence-electron chi connectivity index (χ0n) is 15.6. The smallest absolute Gasteiger partial charge is 0.272 e. The predicted molar refractivity (Wildman–Crippen MR) is 105 cm³/mol. The van der Waals surface area contributed by atoms with Gasteiger partial charge in [0, 0.05) is 39.3 Å². The molecule has 0 spiro atoms. The number of piperazine rings is 1. The van der Waals surface area contributed by atoms with Gasteiger partial charge in [0.2, 0.25) is 6.79 Å². The molecule has 0 bridgehead atoms. The van der Waals surface area contributed by atoms with Crippen molar-refractivity contribution in [3.8, 4) is 11.5 Å². The molecule has 1 fully saturated rings. The Bertz CT molecular complexity index is 847. The first-order chi connectivity index (χ1) is 13.7. The van der Waals surface area contributed by atoms with Crippen molar-refractivity contribution in [3.05, 3.63) is 54.2 Å². The van der Waals surface area contributed by atoms with Crippen molar-refractivity contribution in [2.24, 2.45) is 0 Å². The third-order valence-electron chi connectivity index (χ3n) is 4.83. The number of hydrogen-bond donors (Lipinski definition) is 1. The van der Waals surface area contributed by atoms with Crippen LogP contribution in [0.3, 0.4) is 0 Å². The van der Waals surface area contributed by atoms with Gasteiger partial charge in [-0.25, -0.2) is 0 Å². The van der Waals surface area contributed by atoms with Gasteiger partial charge in [0.1, 0.15) is 0 Å². The van der Waals surface area contributed by atoms with Crippen LogP contribution in [0.15, 0.2) is 43.0 Å². The molecule has 8 nitrogen and oxygen atoms in total. The summed E-state index contributed by atoms with van der Waals surface area (Å²) in [5.74, 6) is 2.19. The molecule has 2 aromatic rings. The van der Waals surface area contributed by atoms with Gasteiger partial charge >= 0.3 is 0 Å². The van der Waals surface area contributed by atoms with Crippen molar-refractivity contribution in [2.45, 2.75) is 6.54 Å². The molecule has 0 atom stereocenters. The van der Waals surface area contributed by atoms with Crippen molar-refractivity contribution >= 4 is 11.7 Å². The van der Waals surface area contributed by atoms with Crippen LogP contribution in [0.1, 0.15) is 16.1 Å². The first kappa shape index (κ1) is 18.2. The summed E-state index contributed by atoms with van der Waals surface area (Å²) in [5, 5.41) is 11.0. The third-order valence-corrected chi connectivity index (χ3v) is 4.83. The molecule has 1 N–H and O–H groups in total. The normalized spacial score (nSPS) is 16.1. The lowest BCUT2D eigenvalue weighted by molar-refractivity contribution is 0.0952. The second kappa shape index (κ2) is 8.26. The van der Waals surface area contributed by atoms with E-state index in [0.29, 0.717) is 19.0 Å². The Morgan fingerprint density at radius 1 is 1.11 bits per heavy atom. The number of benzene rings is 1. The van der Waals surface area contributed by atoms with E-state index in [4.69, 9.17) is 9.47 Å². The number of amides is 1. The van der Waals surface area contributed by atoms with E-state index < -0.39 is 0 Å². The van der Waals surface area contributed by atoms with Crippen molar-refractivity contribution in [2.75, 3.05) is 44.4 Å². The van der Waals surface area contributed by atoms with Crippen LogP contribution in [0.25, 0.3) is 0 Å². The van der Waals surface area contributed by atoms with Crippen molar-refractivity contribution < 1.29 is 14.3 Å². The molecule has 0 radical (unpaired) electrons. The van der Waals surface area contributed by atoms with Crippen molar-refractivity contribution in [3.63, 3.8) is 0 Å². The van der Waals surface area contributed by atoms with Gasteiger partial charge in [0.25, 0.3) is 5.91 Å². The minimum Gasteiger partial charge on any atom is -0.454 e. The summed E-state index contributed by atoms with van der Waals surface area (Å²) in [5.41, 5.74) is 1.53. The molecular weight excluding hydrogens is 358 g/mol. The van der Waals surface area contributed by atoms with E-state index in [2.05, 4.69) is 44.0 Å². The van der Waals surface area contributed by atoms with E-state index in [9.17, 15) is 4.79 Å². The number of nitrogens with zero attached hydrogens (tertiary/aromatic N) is 4. The van der Waals surface area contributed by atoms with Crippen molar-refractivity contribution in [1.82, 2.24) is 20.4 Å². The summed E-state index contributed by atoms with van der Waals surface area (Å²) >= 11 is 0. The van der Waals surface area contributed by atoms with E-state index in [1.807, 2.05) is 12.1 Å². The van der Waals surface area contributed by atoms with E-state index in [-0.39, 0.29) is 5.91 Å². The Kier molecular flexibility index (Phi) is 5.38. The van der Waals surface area contributed by atoms with Gasteiger partial charge in [-0.15, -0.1) is 16.8 Å². The van der Waals surface area contributed by atoms with Crippen LogP contribution in [-0.4, -0.2) is 60.5 Å². The summed E-state index contributed by atoms with van der Waals surface area (Å²) < 4.78 is 10.8. The standard InChI is InChI=1S/C20H23N5O3/c1-2-7-21-20(26)16-4-6-19(23-22-16)25-10-8-24(9-11-25)13-15-3-5-17-18(12-15)28-14-27-17/h2-6,12H,1,7-11,13-14H2,(H,21,26). The zero-order valence-corrected chi connectivity index (χ0v) is 15.6. The van der Waals surface area contributed by atoms with Crippen LogP contribution in [-0.2, 0) is 6.54 Å². The fourth-order valence-corrected chi connectivity index (χ4v) is 3.30.